The molecule has 0 saturated carbocycles. The molecular weight excluding hydrogens is 324 g/mol. The van der Waals surface area contributed by atoms with Gasteiger partial charge in [0.25, 0.3) is 0 Å². The van der Waals surface area contributed by atoms with E-state index in [-0.39, 0.29) is 0 Å². The van der Waals surface area contributed by atoms with Crippen molar-refractivity contribution in [2.75, 3.05) is 30.8 Å². The predicted octanol–water partition coefficient (Wildman–Crippen LogP) is 1.85. The van der Waals surface area contributed by atoms with Crippen LogP contribution >= 0.6 is 11.6 Å². The number of fused-ring (bicyclic) bond motifs is 1. The molecule has 0 spiro atoms. The van der Waals surface area contributed by atoms with Gasteiger partial charge in [0, 0.05) is 30.2 Å². The van der Waals surface area contributed by atoms with E-state index in [1.165, 1.54) is 6.26 Å². The van der Waals surface area contributed by atoms with E-state index in [0.717, 1.165) is 11.3 Å². The molecule has 0 unspecified atom stereocenters. The maximum atomic E-state index is 11.9. The van der Waals surface area contributed by atoms with E-state index in [2.05, 4.69) is 9.88 Å². The fourth-order valence-corrected chi connectivity index (χ4v) is 4.75. The number of sulfonamides is 1. The van der Waals surface area contributed by atoms with Crippen LogP contribution in [-0.4, -0.2) is 53.5 Å². The van der Waals surface area contributed by atoms with E-state index < -0.39 is 15.6 Å². The van der Waals surface area contributed by atoms with Gasteiger partial charge in [0.2, 0.25) is 10.0 Å². The van der Waals surface area contributed by atoms with Gasteiger partial charge in [-0.3, -0.25) is 4.40 Å². The number of hydrogen-bond acceptors (Lipinski definition) is 4. The van der Waals surface area contributed by atoms with Crippen molar-refractivity contribution in [3.63, 3.8) is 0 Å². The van der Waals surface area contributed by atoms with Gasteiger partial charge >= 0.3 is 0 Å². The molecule has 6 nitrogen and oxygen atoms in total. The minimum absolute atomic E-state index is 0.453. The summed E-state index contributed by atoms with van der Waals surface area (Å²) in [5, 5.41) is 0.645. The summed E-state index contributed by atoms with van der Waals surface area (Å²) in [6.07, 6.45) is 4.77. The Morgan fingerprint density at radius 2 is 2.00 bits per heavy atom. The van der Waals surface area contributed by atoms with Crippen LogP contribution in [0.25, 0.3) is 5.52 Å². The first kappa shape index (κ1) is 15.6. The number of halogens is 1. The van der Waals surface area contributed by atoms with Gasteiger partial charge in [0.05, 0.1) is 18.0 Å². The van der Waals surface area contributed by atoms with E-state index >= 15 is 0 Å². The fourth-order valence-electron chi connectivity index (χ4n) is 3.17. The highest BCUT2D eigenvalue weighted by atomic mass is 35.5. The number of nitrogens with zero attached hydrogens (tertiary/aromatic N) is 4. The summed E-state index contributed by atoms with van der Waals surface area (Å²) in [7, 11) is -3.22. The number of imidazole rings is 1. The van der Waals surface area contributed by atoms with Crippen molar-refractivity contribution < 1.29 is 8.42 Å². The lowest BCUT2D eigenvalue weighted by atomic mass is 10.0. The molecule has 8 heteroatoms. The van der Waals surface area contributed by atoms with E-state index in [9.17, 15) is 8.42 Å². The van der Waals surface area contributed by atoms with Crippen molar-refractivity contribution in [2.24, 2.45) is 0 Å². The molecule has 0 atom stereocenters. The Morgan fingerprint density at radius 3 is 2.64 bits per heavy atom. The van der Waals surface area contributed by atoms with Crippen LogP contribution in [0.3, 0.4) is 0 Å². The molecular formula is C14H19ClN4O2S. The van der Waals surface area contributed by atoms with Gasteiger partial charge in [0.1, 0.15) is 12.1 Å². The second-order valence-corrected chi connectivity index (χ2v) is 8.63. The highest BCUT2D eigenvalue weighted by Gasteiger charge is 2.39. The molecule has 0 radical (unpaired) electrons. The zero-order chi connectivity index (χ0) is 16.1. The molecule has 1 fully saturated rings. The van der Waals surface area contributed by atoms with E-state index in [1.807, 2.05) is 30.4 Å². The van der Waals surface area contributed by atoms with Gasteiger partial charge in [-0.1, -0.05) is 11.6 Å². The third-order valence-electron chi connectivity index (χ3n) is 4.02. The second kappa shape index (κ2) is 5.11. The first-order valence-corrected chi connectivity index (χ1v) is 9.25. The summed E-state index contributed by atoms with van der Waals surface area (Å²) in [6, 6.07) is 3.75. The molecule has 120 valence electrons. The standard InChI is InChI=1S/C14H19ClN4O2S/c1-14(2)9-17(4-5-19(14)22(3,20)21)13-7-11(15)6-12-8-16-10-18(12)13/h6-8,10H,4-5,9H2,1-3H3. The molecule has 1 aliphatic rings. The molecule has 0 bridgehead atoms. The van der Waals surface area contributed by atoms with Gasteiger partial charge in [-0.15, -0.1) is 0 Å². The summed E-state index contributed by atoms with van der Waals surface area (Å²) >= 11 is 6.20. The summed E-state index contributed by atoms with van der Waals surface area (Å²) in [5.41, 5.74) is 0.437. The smallest absolute Gasteiger partial charge is 0.211 e. The molecule has 1 aliphatic heterocycles. The topological polar surface area (TPSA) is 57.9 Å². The molecule has 1 saturated heterocycles. The second-order valence-electron chi connectivity index (χ2n) is 6.29. The van der Waals surface area contributed by atoms with Crippen LogP contribution in [0.15, 0.2) is 24.7 Å². The molecule has 3 heterocycles. The number of pyridine rings is 1. The predicted molar refractivity (Wildman–Crippen MR) is 88.0 cm³/mol. The molecule has 0 aromatic carbocycles. The van der Waals surface area contributed by atoms with E-state index in [0.29, 0.717) is 24.7 Å². The lowest BCUT2D eigenvalue weighted by molar-refractivity contribution is 0.205. The average molecular weight is 343 g/mol. The molecule has 0 amide bonds. The largest absolute Gasteiger partial charge is 0.354 e. The van der Waals surface area contributed by atoms with Crippen LogP contribution in [0, 0.1) is 0 Å². The summed E-state index contributed by atoms with van der Waals surface area (Å²) in [4.78, 5) is 6.31. The van der Waals surface area contributed by atoms with Crippen LogP contribution in [-0.2, 0) is 10.0 Å². The lowest BCUT2D eigenvalue weighted by Gasteiger charge is -2.46. The molecule has 0 N–H and O–H groups in total. The lowest BCUT2D eigenvalue weighted by Crippen LogP contribution is -2.61. The maximum Gasteiger partial charge on any atom is 0.211 e. The number of anilines is 1. The van der Waals surface area contributed by atoms with Gasteiger partial charge in [0.15, 0.2) is 0 Å². The van der Waals surface area contributed by atoms with Gasteiger partial charge in [-0.25, -0.2) is 13.4 Å². The highest BCUT2D eigenvalue weighted by Crippen LogP contribution is 2.29. The van der Waals surface area contributed by atoms with Crippen LogP contribution < -0.4 is 4.90 Å². The number of piperazine rings is 1. The molecule has 2 aromatic heterocycles. The SMILES string of the molecule is CC1(C)CN(c2cc(Cl)cc3cncn23)CCN1S(C)(=O)=O. The third-order valence-corrected chi connectivity index (χ3v) is 5.71. The monoisotopic (exact) mass is 342 g/mol. The van der Waals surface area contributed by atoms with Crippen molar-refractivity contribution in [2.45, 2.75) is 19.4 Å². The van der Waals surface area contributed by atoms with E-state index in [1.54, 1.807) is 16.8 Å². The van der Waals surface area contributed by atoms with E-state index in [4.69, 9.17) is 11.6 Å². The Balaban J connectivity index is 1.99. The zero-order valence-corrected chi connectivity index (χ0v) is 14.4. The maximum absolute atomic E-state index is 11.9. The molecule has 2 aromatic rings. The normalized spacial score (nSPS) is 19.7. The van der Waals surface area contributed by atoms with Crippen LogP contribution in [0.5, 0.6) is 0 Å². The Morgan fingerprint density at radius 1 is 1.27 bits per heavy atom. The summed E-state index contributed by atoms with van der Waals surface area (Å²) in [6.45, 7) is 5.54. The Labute approximate surface area is 135 Å². The molecule has 22 heavy (non-hydrogen) atoms. The van der Waals surface area contributed by atoms with Crippen LogP contribution in [0.4, 0.5) is 5.82 Å². The third kappa shape index (κ3) is 2.68. The quantitative estimate of drug-likeness (QED) is 0.835. The number of aromatic nitrogens is 2. The first-order chi connectivity index (χ1) is 10.2. The minimum Gasteiger partial charge on any atom is -0.354 e. The first-order valence-electron chi connectivity index (χ1n) is 7.03. The highest BCUT2D eigenvalue weighted by molar-refractivity contribution is 7.88. The van der Waals surface area contributed by atoms with Crippen LogP contribution in [0.2, 0.25) is 5.02 Å². The Bertz CT molecular complexity index is 815. The van der Waals surface area contributed by atoms with Crippen molar-refractivity contribution >= 4 is 33.0 Å². The van der Waals surface area contributed by atoms with Gasteiger partial charge < -0.3 is 4.90 Å². The zero-order valence-electron chi connectivity index (χ0n) is 12.8. The van der Waals surface area contributed by atoms with Crippen molar-refractivity contribution in [1.82, 2.24) is 13.7 Å². The number of hydrogen-bond donors (Lipinski definition) is 0. The fraction of sp³-hybridized carbons (Fsp3) is 0.500. The van der Waals surface area contributed by atoms with Crippen molar-refractivity contribution in [3.05, 3.63) is 29.7 Å². The molecule has 3 rings (SSSR count). The van der Waals surface area contributed by atoms with Crippen molar-refractivity contribution in [1.29, 1.82) is 0 Å². The van der Waals surface area contributed by atoms with Gasteiger partial charge in [-0.2, -0.15) is 4.31 Å². The summed E-state index contributed by atoms with van der Waals surface area (Å²) < 4.78 is 27.4. The molecule has 0 aliphatic carbocycles. The van der Waals surface area contributed by atoms with Gasteiger partial charge in [-0.05, 0) is 26.0 Å². The summed E-state index contributed by atoms with van der Waals surface area (Å²) in [5.74, 6) is 0.932. The van der Waals surface area contributed by atoms with Crippen molar-refractivity contribution in [3.8, 4) is 0 Å². The van der Waals surface area contributed by atoms with Crippen LogP contribution in [0.1, 0.15) is 13.8 Å². The average Bonchev–Trinajstić information content (AvgIpc) is 2.82. The Hall–Kier alpha value is -1.31. The number of rotatable bonds is 2. The Kier molecular flexibility index (Phi) is 3.62. The minimum atomic E-state index is -3.22.